The van der Waals surface area contributed by atoms with Crippen molar-refractivity contribution in [2.24, 2.45) is 18.1 Å². The number of benzene rings is 2. The van der Waals surface area contributed by atoms with Crippen molar-refractivity contribution in [3.63, 3.8) is 0 Å². The van der Waals surface area contributed by atoms with Crippen molar-refractivity contribution in [3.8, 4) is 23.0 Å². The second-order valence-corrected chi connectivity index (χ2v) is 15.8. The van der Waals surface area contributed by atoms with E-state index in [1.807, 2.05) is 0 Å². The number of amides is 1. The van der Waals surface area contributed by atoms with Gasteiger partial charge in [-0.1, -0.05) is 18.1 Å². The number of hydrogen-bond acceptors (Lipinski definition) is 7. The van der Waals surface area contributed by atoms with E-state index in [0.717, 1.165) is 12.1 Å². The molecule has 3 atom stereocenters. The zero-order chi connectivity index (χ0) is 40.6. The Hall–Kier alpha value is -5.45. The van der Waals surface area contributed by atoms with E-state index in [4.69, 9.17) is 10.1 Å². The molecule has 2 aliphatic rings. The van der Waals surface area contributed by atoms with E-state index in [2.05, 4.69) is 32.1 Å². The fraction of sp³-hybridized carbons (Fsp3) is 0.351. The third kappa shape index (κ3) is 7.43. The van der Waals surface area contributed by atoms with Gasteiger partial charge in [-0.25, -0.2) is 27.7 Å². The van der Waals surface area contributed by atoms with E-state index in [-0.39, 0.29) is 41.2 Å². The maximum Gasteiger partial charge on any atom is 0.297 e. The maximum atomic E-state index is 15.4. The Morgan fingerprint density at radius 1 is 1.09 bits per heavy atom. The predicted octanol–water partition coefficient (Wildman–Crippen LogP) is 5.40. The molecule has 0 radical (unpaired) electrons. The lowest BCUT2D eigenvalue weighted by Gasteiger charge is -2.23. The Morgan fingerprint density at radius 2 is 1.77 bits per heavy atom. The molecule has 1 saturated carbocycles. The molecule has 56 heavy (non-hydrogen) atoms. The summed E-state index contributed by atoms with van der Waals surface area (Å²) in [4.78, 5) is 18.6. The second kappa shape index (κ2) is 13.6. The highest BCUT2D eigenvalue weighted by Crippen LogP contribution is 2.68. The fourth-order valence-corrected chi connectivity index (χ4v) is 7.80. The lowest BCUT2D eigenvalue weighted by Crippen LogP contribution is -2.35. The van der Waals surface area contributed by atoms with Crippen molar-refractivity contribution >= 4 is 32.8 Å². The van der Waals surface area contributed by atoms with Gasteiger partial charge in [0.25, 0.3) is 22.6 Å². The number of aryl methyl sites for hydroxylation is 2. The molecule has 1 fully saturated rings. The number of nitrogens with zero attached hydrogens (tertiary/aromatic N) is 5. The Bertz CT molecular complexity index is 2590. The van der Waals surface area contributed by atoms with E-state index in [0.29, 0.717) is 38.3 Å². The summed E-state index contributed by atoms with van der Waals surface area (Å²) in [6.45, 7) is 3.67. The van der Waals surface area contributed by atoms with Gasteiger partial charge in [-0.05, 0) is 80.8 Å². The van der Waals surface area contributed by atoms with Gasteiger partial charge < -0.3 is 10.4 Å². The minimum absolute atomic E-state index is 0.0214. The summed E-state index contributed by atoms with van der Waals surface area (Å²) >= 11 is 0. The van der Waals surface area contributed by atoms with Gasteiger partial charge in [0, 0.05) is 41.1 Å². The van der Waals surface area contributed by atoms with Gasteiger partial charge in [0.05, 0.1) is 17.3 Å². The number of carbonyl (C=O) groups is 1. The number of rotatable bonds is 10. The quantitative estimate of drug-likeness (QED) is 0.108. The zero-order valence-corrected chi connectivity index (χ0v) is 31.0. The molecular formula is C37H34F6N8O4S. The smallest absolute Gasteiger partial charge is 0.297 e. The summed E-state index contributed by atoms with van der Waals surface area (Å²) in [5.41, 5.74) is -1.44. The topological polar surface area (TPSA) is 170 Å². The molecule has 1 amide bonds. The zero-order valence-electron chi connectivity index (χ0n) is 30.1. The number of halogens is 6. The summed E-state index contributed by atoms with van der Waals surface area (Å²) < 4.78 is 116. The minimum atomic E-state index is -4.27. The molecule has 2 aliphatic carbocycles. The van der Waals surface area contributed by atoms with Gasteiger partial charge in [0.1, 0.15) is 40.9 Å². The molecule has 3 heterocycles. The molecule has 0 bridgehead atoms. The van der Waals surface area contributed by atoms with Crippen LogP contribution in [0.1, 0.15) is 78.1 Å². The fourth-order valence-electron chi connectivity index (χ4n) is 7.39. The van der Waals surface area contributed by atoms with Crippen molar-refractivity contribution in [1.29, 1.82) is 0 Å². The van der Waals surface area contributed by atoms with Gasteiger partial charge in [-0.15, -0.1) is 0 Å². The summed E-state index contributed by atoms with van der Waals surface area (Å²) in [5, 5.41) is 26.7. The maximum absolute atomic E-state index is 15.4. The number of aromatic nitrogens is 5. The SMILES string of the molecule is Cc1ccc(-c2ccc(C#CC(C)(C)O)nc2C(Cc2cc(F)cc(F)c2)NC(=O)Cn2nc(C(F)F)c3c2C(F)(F)[C@@H]2C[C@H]32)c2c1c(NS(N)(=O)=O)nn2C. The van der Waals surface area contributed by atoms with Crippen molar-refractivity contribution < 1.29 is 44.7 Å². The number of nitrogens with one attached hydrogen (secondary N) is 2. The first-order valence-electron chi connectivity index (χ1n) is 17.2. The molecule has 5 N–H and O–H groups in total. The Kier molecular flexibility index (Phi) is 9.45. The van der Waals surface area contributed by atoms with Crippen LogP contribution in [0, 0.1) is 36.3 Å². The predicted molar refractivity (Wildman–Crippen MR) is 191 cm³/mol. The summed E-state index contributed by atoms with van der Waals surface area (Å²) in [5.74, 6) is -2.98. The Labute approximate surface area is 316 Å². The number of aliphatic hydroxyl groups is 1. The number of nitrogens with two attached hydrogens (primary N) is 1. The largest absolute Gasteiger partial charge is 0.378 e. The van der Waals surface area contributed by atoms with Crippen molar-refractivity contribution in [1.82, 2.24) is 29.9 Å². The van der Waals surface area contributed by atoms with Gasteiger partial charge in [0.2, 0.25) is 5.91 Å². The van der Waals surface area contributed by atoms with Crippen LogP contribution in [0.2, 0.25) is 0 Å². The van der Waals surface area contributed by atoms with Crippen LogP contribution < -0.4 is 15.2 Å². The molecule has 2 aromatic carbocycles. The van der Waals surface area contributed by atoms with Crippen LogP contribution in [0.25, 0.3) is 22.0 Å². The molecule has 7 rings (SSSR count). The van der Waals surface area contributed by atoms with Crippen LogP contribution in [-0.4, -0.2) is 49.6 Å². The third-order valence-corrected chi connectivity index (χ3v) is 10.1. The standard InChI is InChI=1S/C37H34F6N8O4S/c1-17-5-7-23(32-28(17)35(48-50(32)4)49-56(44,54)55)22-8-6-21(9-10-36(2,3)53)45-30(22)26(13-18-11-19(38)14-20(39)12-18)46-27(52)16-51-33-29(31(47-51)34(40)41)24-15-25(24)37(33,42)43/h5-8,11-12,14,24-26,34,53H,13,15-16H2,1-4H3,(H,46,52)(H,48,49)(H2,44,54,55)/t24-,25+,26?/m0/s1. The second-order valence-electron chi connectivity index (χ2n) is 14.5. The molecular weight excluding hydrogens is 767 g/mol. The number of pyridine rings is 1. The highest BCUT2D eigenvalue weighted by molar-refractivity contribution is 7.90. The first-order chi connectivity index (χ1) is 26.1. The molecule has 0 saturated heterocycles. The average molecular weight is 801 g/mol. The van der Waals surface area contributed by atoms with Gasteiger partial charge in [-0.3, -0.25) is 18.9 Å². The normalized spacial score (nSPS) is 17.7. The summed E-state index contributed by atoms with van der Waals surface area (Å²) in [6.07, 6.45) is -3.48. The molecule has 19 heteroatoms. The molecule has 3 aromatic heterocycles. The minimum Gasteiger partial charge on any atom is -0.378 e. The van der Waals surface area contributed by atoms with E-state index < -0.39 is 81.5 Å². The highest BCUT2D eigenvalue weighted by Gasteiger charge is 2.67. The Balaban J connectivity index is 1.39. The van der Waals surface area contributed by atoms with Gasteiger partial charge in [-0.2, -0.15) is 27.4 Å². The number of alkyl halides is 4. The number of anilines is 1. The van der Waals surface area contributed by atoms with Crippen molar-refractivity contribution in [2.45, 2.75) is 70.1 Å². The number of fused-ring (bicyclic) bond motifs is 4. The summed E-state index contributed by atoms with van der Waals surface area (Å²) in [7, 11) is -2.73. The molecule has 5 aromatic rings. The van der Waals surface area contributed by atoms with Crippen molar-refractivity contribution in [2.75, 3.05) is 4.72 Å². The van der Waals surface area contributed by atoms with Crippen LogP contribution in [0.4, 0.5) is 32.2 Å². The van der Waals surface area contributed by atoms with Crippen LogP contribution in [-0.2, 0) is 40.9 Å². The van der Waals surface area contributed by atoms with Gasteiger partial charge in [0.15, 0.2) is 5.82 Å². The Morgan fingerprint density at radius 3 is 2.41 bits per heavy atom. The highest BCUT2D eigenvalue weighted by atomic mass is 32.2. The lowest BCUT2D eigenvalue weighted by molar-refractivity contribution is -0.123. The first-order valence-corrected chi connectivity index (χ1v) is 18.7. The molecule has 0 aliphatic heterocycles. The van der Waals surface area contributed by atoms with Crippen LogP contribution in [0.15, 0.2) is 42.5 Å². The first kappa shape index (κ1) is 38.8. The lowest BCUT2D eigenvalue weighted by atomic mass is 9.93. The third-order valence-electron chi connectivity index (χ3n) is 9.63. The van der Waals surface area contributed by atoms with Crippen LogP contribution in [0.3, 0.4) is 0 Å². The van der Waals surface area contributed by atoms with E-state index in [1.54, 1.807) is 32.2 Å². The van der Waals surface area contributed by atoms with E-state index >= 15 is 8.78 Å². The number of carbonyl (C=O) groups excluding carboxylic acids is 1. The number of hydrogen-bond donors (Lipinski definition) is 4. The monoisotopic (exact) mass is 800 g/mol. The van der Waals surface area contributed by atoms with Crippen molar-refractivity contribution in [3.05, 3.63) is 93.6 Å². The summed E-state index contributed by atoms with van der Waals surface area (Å²) in [6, 6.07) is 7.83. The molecule has 294 valence electrons. The van der Waals surface area contributed by atoms with E-state index in [9.17, 15) is 35.9 Å². The molecule has 0 spiro atoms. The molecule has 12 nitrogen and oxygen atoms in total. The van der Waals surface area contributed by atoms with Gasteiger partial charge >= 0.3 is 0 Å². The van der Waals surface area contributed by atoms with Crippen LogP contribution >= 0.6 is 0 Å². The van der Waals surface area contributed by atoms with E-state index in [1.165, 1.54) is 24.6 Å². The molecule has 1 unspecified atom stereocenters. The average Bonchev–Trinajstić information content (AvgIpc) is 3.62. The van der Waals surface area contributed by atoms with Crippen LogP contribution in [0.5, 0.6) is 0 Å².